The van der Waals surface area contributed by atoms with Gasteiger partial charge in [-0.2, -0.15) is 0 Å². The molecule has 7 aromatic rings. The van der Waals surface area contributed by atoms with Gasteiger partial charge in [0.2, 0.25) is 0 Å². The Morgan fingerprint density at radius 2 is 1.02 bits per heavy atom. The number of nitrogens with zero attached hydrogens (tertiary/aromatic N) is 2. The van der Waals surface area contributed by atoms with Gasteiger partial charge in [-0.05, 0) is 104 Å². The Labute approximate surface area is 265 Å². The van der Waals surface area contributed by atoms with Crippen LogP contribution in [0.4, 0.5) is 5.69 Å². The van der Waals surface area contributed by atoms with E-state index in [1.54, 1.807) is 7.11 Å². The van der Waals surface area contributed by atoms with Gasteiger partial charge in [0.25, 0.3) is 0 Å². The van der Waals surface area contributed by atoms with E-state index in [4.69, 9.17) is 15.5 Å². The van der Waals surface area contributed by atoms with Crippen LogP contribution in [0.25, 0.3) is 44.1 Å². The van der Waals surface area contributed by atoms with E-state index in [-0.39, 0.29) is 0 Å². The molecule has 45 heavy (non-hydrogen) atoms. The second kappa shape index (κ2) is 13.4. The number of nitrogen functional groups attached to an aromatic ring is 1. The highest BCUT2D eigenvalue weighted by Gasteiger charge is 2.08. The summed E-state index contributed by atoms with van der Waals surface area (Å²) in [7, 11) is 1.70. The summed E-state index contributed by atoms with van der Waals surface area (Å²) in [6.07, 6.45) is 2.02. The van der Waals surface area contributed by atoms with Gasteiger partial charge >= 0.3 is 0 Å². The predicted octanol–water partition coefficient (Wildman–Crippen LogP) is 9.80. The van der Waals surface area contributed by atoms with Gasteiger partial charge in [-0.15, -0.1) is 0 Å². The predicted molar refractivity (Wildman–Crippen MR) is 189 cm³/mol. The number of fused-ring (bicyclic) bond motifs is 2. The smallest absolute Gasteiger partial charge is 0.118 e. The second-order valence-corrected chi connectivity index (χ2v) is 11.3. The van der Waals surface area contributed by atoms with E-state index in [2.05, 4.69) is 90.8 Å². The molecule has 0 fully saturated rings. The van der Waals surface area contributed by atoms with Crippen molar-refractivity contribution in [3.63, 3.8) is 0 Å². The number of ether oxygens (including phenoxy) is 1. The zero-order chi connectivity index (χ0) is 31.2. The van der Waals surface area contributed by atoms with Crippen LogP contribution in [0.1, 0.15) is 22.5 Å². The van der Waals surface area contributed by atoms with Crippen LogP contribution in [-0.4, -0.2) is 17.1 Å². The number of hydrogen-bond donors (Lipinski definition) is 1. The van der Waals surface area contributed by atoms with E-state index in [9.17, 15) is 0 Å². The summed E-state index contributed by atoms with van der Waals surface area (Å²) in [4.78, 5) is 9.45. The number of anilines is 1. The molecule has 7 rings (SSSR count). The SMILES string of the molecule is COc1ccc(CCc2ccc3nc(C)c(-c4ccccc4)cc3c2)cc1.Cc1nc2ccc(N)cc2cc1-c1ccccc1. The van der Waals surface area contributed by atoms with Crippen molar-refractivity contribution in [2.45, 2.75) is 26.7 Å². The first kappa shape index (κ1) is 29.6. The van der Waals surface area contributed by atoms with E-state index in [0.29, 0.717) is 0 Å². The van der Waals surface area contributed by atoms with Gasteiger partial charge in [0.15, 0.2) is 0 Å². The molecule has 0 amide bonds. The summed E-state index contributed by atoms with van der Waals surface area (Å²) in [6, 6.07) is 45.9. The third-order valence-electron chi connectivity index (χ3n) is 8.13. The Kier molecular flexibility index (Phi) is 8.84. The zero-order valence-corrected chi connectivity index (χ0v) is 26.0. The Balaban J connectivity index is 0.000000172. The minimum atomic E-state index is 0.771. The van der Waals surface area contributed by atoms with Gasteiger partial charge in [0, 0.05) is 39.0 Å². The molecule has 0 aliphatic rings. The van der Waals surface area contributed by atoms with Gasteiger partial charge < -0.3 is 10.5 Å². The molecular formula is C41H37N3O. The Morgan fingerprint density at radius 1 is 0.533 bits per heavy atom. The third-order valence-corrected chi connectivity index (χ3v) is 8.13. The van der Waals surface area contributed by atoms with Crippen LogP contribution in [0.15, 0.2) is 133 Å². The van der Waals surface area contributed by atoms with Gasteiger partial charge in [-0.1, -0.05) is 78.9 Å². The molecule has 4 nitrogen and oxygen atoms in total. The highest BCUT2D eigenvalue weighted by molar-refractivity contribution is 5.87. The molecule has 0 aliphatic carbocycles. The van der Waals surface area contributed by atoms with E-state index in [0.717, 1.165) is 57.6 Å². The van der Waals surface area contributed by atoms with Crippen molar-refractivity contribution in [2.24, 2.45) is 0 Å². The molecule has 2 heterocycles. The summed E-state index contributed by atoms with van der Waals surface area (Å²) < 4.78 is 5.23. The summed E-state index contributed by atoms with van der Waals surface area (Å²) in [5, 5.41) is 2.28. The van der Waals surface area contributed by atoms with Gasteiger partial charge in [-0.3, -0.25) is 9.97 Å². The fraction of sp³-hybridized carbons (Fsp3) is 0.122. The van der Waals surface area contributed by atoms with Crippen LogP contribution < -0.4 is 10.5 Å². The van der Waals surface area contributed by atoms with Crippen molar-refractivity contribution in [2.75, 3.05) is 12.8 Å². The number of aromatic nitrogens is 2. The highest BCUT2D eigenvalue weighted by Crippen LogP contribution is 2.28. The van der Waals surface area contributed by atoms with Gasteiger partial charge in [0.1, 0.15) is 5.75 Å². The Morgan fingerprint density at radius 3 is 1.58 bits per heavy atom. The summed E-state index contributed by atoms with van der Waals surface area (Å²) >= 11 is 0. The average Bonchev–Trinajstić information content (AvgIpc) is 3.08. The Hall–Kier alpha value is -5.48. The quantitative estimate of drug-likeness (QED) is 0.197. The van der Waals surface area contributed by atoms with Crippen LogP contribution >= 0.6 is 0 Å². The molecular weight excluding hydrogens is 550 g/mol. The van der Waals surface area contributed by atoms with Crippen molar-refractivity contribution >= 4 is 27.5 Å². The summed E-state index contributed by atoms with van der Waals surface area (Å²) in [5.74, 6) is 0.902. The van der Waals surface area contributed by atoms with Crippen molar-refractivity contribution in [3.05, 3.63) is 156 Å². The van der Waals surface area contributed by atoms with Gasteiger partial charge in [0.05, 0.1) is 18.1 Å². The fourth-order valence-corrected chi connectivity index (χ4v) is 5.67. The molecule has 0 saturated heterocycles. The van der Waals surface area contributed by atoms with E-state index >= 15 is 0 Å². The van der Waals surface area contributed by atoms with Crippen molar-refractivity contribution < 1.29 is 4.74 Å². The first-order valence-corrected chi connectivity index (χ1v) is 15.3. The first-order chi connectivity index (χ1) is 22.0. The lowest BCUT2D eigenvalue weighted by Gasteiger charge is -2.10. The average molecular weight is 588 g/mol. The maximum atomic E-state index is 5.82. The lowest BCUT2D eigenvalue weighted by molar-refractivity contribution is 0.414. The molecule has 0 spiro atoms. The number of aryl methyl sites for hydroxylation is 4. The van der Waals surface area contributed by atoms with Crippen LogP contribution in [0, 0.1) is 13.8 Å². The van der Waals surface area contributed by atoms with Gasteiger partial charge in [-0.25, -0.2) is 0 Å². The number of pyridine rings is 2. The second-order valence-electron chi connectivity index (χ2n) is 11.3. The molecule has 2 N–H and O–H groups in total. The number of rotatable bonds is 6. The minimum Gasteiger partial charge on any atom is -0.497 e. The number of hydrogen-bond acceptors (Lipinski definition) is 4. The molecule has 0 atom stereocenters. The first-order valence-electron chi connectivity index (χ1n) is 15.3. The lowest BCUT2D eigenvalue weighted by Crippen LogP contribution is -1.94. The molecule has 0 saturated carbocycles. The maximum Gasteiger partial charge on any atom is 0.118 e. The largest absolute Gasteiger partial charge is 0.497 e. The topological polar surface area (TPSA) is 61.0 Å². The molecule has 222 valence electrons. The molecule has 4 heteroatoms. The van der Waals surface area contributed by atoms with Crippen molar-refractivity contribution in [3.8, 4) is 28.0 Å². The summed E-state index contributed by atoms with van der Waals surface area (Å²) in [6.45, 7) is 4.12. The molecule has 0 aliphatic heterocycles. The summed E-state index contributed by atoms with van der Waals surface area (Å²) in [5.41, 5.74) is 18.2. The van der Waals surface area contributed by atoms with Crippen LogP contribution in [0.5, 0.6) is 5.75 Å². The molecule has 5 aromatic carbocycles. The molecule has 2 aromatic heterocycles. The van der Waals surface area contributed by atoms with Crippen LogP contribution in [-0.2, 0) is 12.8 Å². The number of methoxy groups -OCH3 is 1. The number of nitrogens with two attached hydrogens (primary N) is 1. The van der Waals surface area contributed by atoms with E-state index in [1.807, 2.05) is 61.5 Å². The lowest BCUT2D eigenvalue weighted by atomic mass is 9.99. The Bertz CT molecular complexity index is 2050. The molecule has 0 radical (unpaired) electrons. The van der Waals surface area contributed by atoms with Crippen LogP contribution in [0.2, 0.25) is 0 Å². The third kappa shape index (κ3) is 7.02. The minimum absolute atomic E-state index is 0.771. The fourth-order valence-electron chi connectivity index (χ4n) is 5.67. The van der Waals surface area contributed by atoms with E-state index in [1.165, 1.54) is 33.2 Å². The molecule has 0 unspecified atom stereocenters. The van der Waals surface area contributed by atoms with Crippen molar-refractivity contribution in [1.82, 2.24) is 9.97 Å². The van der Waals surface area contributed by atoms with E-state index < -0.39 is 0 Å². The van der Waals surface area contributed by atoms with Crippen LogP contribution in [0.3, 0.4) is 0 Å². The zero-order valence-electron chi connectivity index (χ0n) is 26.0. The normalized spacial score (nSPS) is 10.8. The standard InChI is InChI=1S/C25H23NO.C16H14N2/c1-18-24(21-6-4-3-5-7-21)17-22-16-20(12-15-25(22)26-18)9-8-19-10-13-23(27-2)14-11-19;1-11-15(12-5-3-2-4-6-12)10-13-9-14(17)7-8-16(13)18-11/h3-7,10-17H,8-9H2,1-2H3;2-10H,17H2,1H3. The maximum absolute atomic E-state index is 5.82. The molecule has 0 bridgehead atoms. The van der Waals surface area contributed by atoms with Crippen molar-refractivity contribution in [1.29, 1.82) is 0 Å². The highest BCUT2D eigenvalue weighted by atomic mass is 16.5. The number of benzene rings is 5. The monoisotopic (exact) mass is 587 g/mol.